The van der Waals surface area contributed by atoms with Gasteiger partial charge in [-0.15, -0.1) is 33.7 Å². The molecule has 0 aliphatic rings. The monoisotopic (exact) mass is 1010 g/mol. The van der Waals surface area contributed by atoms with Crippen LogP contribution in [0.2, 0.25) is 0 Å². The number of hydrogen-bond donors (Lipinski definition) is 0. The minimum atomic E-state index is -0.877. The Morgan fingerprint density at radius 2 is 0.467 bits per heavy atom. The molecule has 10 aromatic rings. The fourth-order valence-corrected chi connectivity index (χ4v) is 12.3. The van der Waals surface area contributed by atoms with Gasteiger partial charge in [0.05, 0.1) is 15.8 Å². The summed E-state index contributed by atoms with van der Waals surface area (Å²) in [4.78, 5) is 0. The normalized spacial score (nSPS) is 10.5. The molecule has 0 saturated heterocycles. The van der Waals surface area contributed by atoms with Gasteiger partial charge in [0.2, 0.25) is 0 Å². The van der Waals surface area contributed by atoms with E-state index in [9.17, 15) is 0 Å². The molecule has 0 unspecified atom stereocenters. The zero-order valence-electron chi connectivity index (χ0n) is 33.0. The molecule has 0 aliphatic carbocycles. The van der Waals surface area contributed by atoms with Gasteiger partial charge in [0.15, 0.2) is 0 Å². The van der Waals surface area contributed by atoms with Crippen molar-refractivity contribution in [3.63, 3.8) is 0 Å². The van der Waals surface area contributed by atoms with E-state index >= 15 is 0 Å². The summed E-state index contributed by atoms with van der Waals surface area (Å²) >= 11 is 1.47. The number of benzene rings is 10. The maximum atomic E-state index is 4.64. The van der Waals surface area contributed by atoms with Gasteiger partial charge in [-0.2, -0.15) is 24.3 Å². The first-order valence-electron chi connectivity index (χ1n) is 19.8. The first kappa shape index (κ1) is 42.6. The Morgan fingerprint density at radius 3 is 0.700 bits per heavy atom. The van der Waals surface area contributed by atoms with E-state index in [4.69, 9.17) is 0 Å². The van der Waals surface area contributed by atoms with Crippen molar-refractivity contribution in [1.82, 2.24) is 0 Å². The number of halogens is 1. The van der Waals surface area contributed by atoms with Gasteiger partial charge in [-0.1, -0.05) is 158 Å². The third kappa shape index (κ3) is 11.4. The topological polar surface area (TPSA) is 0 Å². The van der Waals surface area contributed by atoms with Gasteiger partial charge in [-0.3, -0.25) is 0 Å². The summed E-state index contributed by atoms with van der Waals surface area (Å²) in [6.45, 7) is 0. The summed E-state index contributed by atoms with van der Waals surface area (Å²) in [5, 5.41) is 13.5. The van der Waals surface area contributed by atoms with Crippen LogP contribution in [0.3, 0.4) is 0 Å². The molecule has 0 nitrogen and oxygen atoms in total. The van der Waals surface area contributed by atoms with Crippen LogP contribution in [-0.2, 0) is 17.9 Å². The Kier molecular flexibility index (Phi) is 16.2. The Hall–Kier alpha value is -5.48. The fourth-order valence-electron chi connectivity index (χ4n) is 7.19. The second-order valence-electron chi connectivity index (χ2n) is 13.9. The Balaban J connectivity index is 0.000000133. The minimum absolute atomic E-state index is 0.877. The molecule has 0 heterocycles. The molecule has 10 aromatic carbocycles. The zero-order valence-corrected chi connectivity index (χ0v) is 38.1. The van der Waals surface area contributed by atoms with Crippen LogP contribution in [0.15, 0.2) is 255 Å². The number of hydrogen-bond acceptors (Lipinski definition) is 0. The average molecular weight is 1010 g/mol. The van der Waals surface area contributed by atoms with Crippen molar-refractivity contribution in [2.75, 3.05) is 0 Å². The predicted octanol–water partition coefficient (Wildman–Crippen LogP) is 12.3. The second-order valence-corrected chi connectivity index (χ2v) is 18.9. The molecular formula is C56H44ClIrP2+2. The van der Waals surface area contributed by atoms with Crippen molar-refractivity contribution in [2.45, 2.75) is 0 Å². The van der Waals surface area contributed by atoms with E-state index in [-0.39, 0.29) is 0 Å². The van der Waals surface area contributed by atoms with Crippen LogP contribution in [-0.4, -0.2) is 0 Å². The van der Waals surface area contributed by atoms with Gasteiger partial charge in [0, 0.05) is 0 Å². The molecule has 0 bridgehead atoms. The molecule has 0 aromatic heterocycles. The minimum Gasteiger partial charge on any atom is -0.226 e. The van der Waals surface area contributed by atoms with Gasteiger partial charge in [-0.05, 0) is 72.8 Å². The van der Waals surface area contributed by atoms with Crippen molar-refractivity contribution in [3.8, 4) is 11.1 Å². The Morgan fingerprint density at radius 1 is 0.267 bits per heavy atom. The average Bonchev–Trinajstić information content (AvgIpc) is 3.34. The van der Waals surface area contributed by atoms with Crippen molar-refractivity contribution in [1.29, 1.82) is 0 Å². The standard InChI is InChI=1S/C20H12.2C18H15P.ClH.Ir/c1-3-7-17-13-19(11-9-15(17)5-1)20-12-10-16-6-2-4-8-18(16)14-20;2*1-4-10-16(11-5-1)19(17-12-6-2-7-13-17)18-14-8-3-9-15-18;;/h1-10,13-14H;2*1-15H;1H;/q-2;;;;+3/p+1. The molecule has 0 N–H and O–H groups in total. The van der Waals surface area contributed by atoms with E-state index in [1.807, 2.05) is 12.1 Å². The van der Waals surface area contributed by atoms with Gasteiger partial charge in [0.1, 0.15) is 31.8 Å². The smallest absolute Gasteiger partial charge is 0.102 e. The molecule has 0 saturated carbocycles. The third-order valence-electron chi connectivity index (χ3n) is 10.0. The Bertz CT molecular complexity index is 2390. The van der Waals surface area contributed by atoms with Crippen LogP contribution in [0.1, 0.15) is 0 Å². The molecule has 10 rings (SSSR count). The maximum absolute atomic E-state index is 4.64. The molecule has 0 fully saturated rings. The molecule has 0 atom stereocenters. The van der Waals surface area contributed by atoms with E-state index in [0.717, 1.165) is 11.1 Å². The van der Waals surface area contributed by atoms with Crippen molar-refractivity contribution in [3.05, 3.63) is 267 Å². The number of fused-ring (bicyclic) bond motifs is 2. The van der Waals surface area contributed by atoms with Crippen molar-refractivity contribution in [2.24, 2.45) is 0 Å². The SMILES string of the molecule is [Cl][Ir+2].[c-]1cc2ccccc2cc1-c1[c-]cc2ccccc2c1.c1ccc([PH+](c2ccccc2)c2ccccc2)cc1.c1ccc([PH+](c2ccccc2)c2ccccc2)cc1. The summed E-state index contributed by atoms with van der Waals surface area (Å²) < 4.78 is 0. The van der Waals surface area contributed by atoms with Crippen LogP contribution in [0.4, 0.5) is 0 Å². The van der Waals surface area contributed by atoms with Gasteiger partial charge in [-0.25, -0.2) is 11.1 Å². The zero-order chi connectivity index (χ0) is 41.2. The van der Waals surface area contributed by atoms with E-state index < -0.39 is 15.8 Å². The maximum Gasteiger partial charge on any atom is 0.102 e. The molecule has 0 aliphatic heterocycles. The third-order valence-corrected chi connectivity index (χ3v) is 15.5. The summed E-state index contributed by atoms with van der Waals surface area (Å²) in [7, 11) is 2.88. The van der Waals surface area contributed by atoms with Crippen LogP contribution in [0.5, 0.6) is 0 Å². The van der Waals surface area contributed by atoms with Crippen LogP contribution in [0.25, 0.3) is 32.7 Å². The summed E-state index contributed by atoms with van der Waals surface area (Å²) in [6, 6.07) is 96.9. The van der Waals surface area contributed by atoms with Gasteiger partial charge >= 0.3 is 27.5 Å². The van der Waals surface area contributed by atoms with Crippen molar-refractivity contribution < 1.29 is 17.9 Å². The second kappa shape index (κ2) is 22.8. The predicted molar refractivity (Wildman–Crippen MR) is 264 cm³/mol. The first-order valence-corrected chi connectivity index (χ1v) is 25.8. The molecule has 0 amide bonds. The van der Waals surface area contributed by atoms with Gasteiger partial charge in [0.25, 0.3) is 0 Å². The number of rotatable bonds is 7. The van der Waals surface area contributed by atoms with Crippen LogP contribution in [0, 0.1) is 12.1 Å². The quantitative estimate of drug-likeness (QED) is 0.110. The van der Waals surface area contributed by atoms with Crippen molar-refractivity contribution >= 4 is 78.8 Å². The molecule has 0 radical (unpaired) electrons. The fraction of sp³-hybridized carbons (Fsp3) is 0. The van der Waals surface area contributed by atoms with Crippen LogP contribution < -0.4 is 31.8 Å². The van der Waals surface area contributed by atoms with E-state index in [2.05, 4.69) is 264 Å². The molecule has 0 spiro atoms. The van der Waals surface area contributed by atoms with Gasteiger partial charge < -0.3 is 0 Å². The Labute approximate surface area is 372 Å². The van der Waals surface area contributed by atoms with Crippen LogP contribution >= 0.6 is 25.4 Å². The van der Waals surface area contributed by atoms with E-state index in [1.165, 1.54) is 71.3 Å². The molecular weight excluding hydrogens is 962 g/mol. The first-order chi connectivity index (χ1) is 29.8. The summed E-state index contributed by atoms with van der Waals surface area (Å²) in [5.41, 5.74) is 2.18. The molecule has 4 heteroatoms. The summed E-state index contributed by atoms with van der Waals surface area (Å²) in [6.07, 6.45) is 0. The summed E-state index contributed by atoms with van der Waals surface area (Å²) in [5.74, 6) is 0. The molecule has 60 heavy (non-hydrogen) atoms. The molecule has 292 valence electrons. The van der Waals surface area contributed by atoms with E-state index in [1.54, 1.807) is 0 Å². The largest absolute Gasteiger partial charge is 0.226 e. The van der Waals surface area contributed by atoms with E-state index in [0.29, 0.717) is 0 Å².